The summed E-state index contributed by atoms with van der Waals surface area (Å²) in [6.07, 6.45) is 3.81. The van der Waals surface area contributed by atoms with Gasteiger partial charge in [-0.05, 0) is 44.7 Å². The van der Waals surface area contributed by atoms with Crippen LogP contribution < -0.4 is 10.2 Å². The molecule has 0 aliphatic heterocycles. The summed E-state index contributed by atoms with van der Waals surface area (Å²) in [6, 6.07) is 8.59. The second-order valence-electron chi connectivity index (χ2n) is 4.02. The lowest BCUT2D eigenvalue weighted by Crippen LogP contribution is -2.28. The third-order valence-corrected chi connectivity index (χ3v) is 2.75. The van der Waals surface area contributed by atoms with Gasteiger partial charge in [0.1, 0.15) is 0 Å². The van der Waals surface area contributed by atoms with Crippen molar-refractivity contribution in [2.75, 3.05) is 18.0 Å². The van der Waals surface area contributed by atoms with Gasteiger partial charge in [-0.15, -0.1) is 0 Å². The number of benzene rings is 1. The fraction of sp³-hybridized carbons (Fsp3) is 0.333. The Hall–Kier alpha value is -1.70. The summed E-state index contributed by atoms with van der Waals surface area (Å²) in [6.45, 7) is 11.9. The van der Waals surface area contributed by atoms with E-state index < -0.39 is 0 Å². The average molecular weight is 230 g/mol. The molecule has 2 heteroatoms. The fourth-order valence-electron chi connectivity index (χ4n) is 1.77. The standard InChI is InChI=1S/C15H22N2/c1-5-14(16-6-2)12-17(7-3)15-10-8-9-13(4)11-15/h5-6,8-11,16H,2,7,12H2,1,3-4H3/b14-5-. The Bertz CT molecular complexity index is 394. The van der Waals surface area contributed by atoms with Crippen LogP contribution in [0.3, 0.4) is 0 Å². The molecule has 0 heterocycles. The van der Waals surface area contributed by atoms with Gasteiger partial charge >= 0.3 is 0 Å². The van der Waals surface area contributed by atoms with E-state index in [4.69, 9.17) is 0 Å². The van der Waals surface area contributed by atoms with E-state index in [9.17, 15) is 0 Å². The predicted molar refractivity (Wildman–Crippen MR) is 76.2 cm³/mol. The van der Waals surface area contributed by atoms with Crippen LogP contribution in [-0.2, 0) is 0 Å². The predicted octanol–water partition coefficient (Wildman–Crippen LogP) is 3.46. The zero-order valence-corrected chi connectivity index (χ0v) is 11.0. The van der Waals surface area contributed by atoms with E-state index >= 15 is 0 Å². The number of hydrogen-bond acceptors (Lipinski definition) is 2. The maximum atomic E-state index is 3.70. The maximum Gasteiger partial charge on any atom is 0.0576 e. The summed E-state index contributed by atoms with van der Waals surface area (Å²) in [7, 11) is 0. The van der Waals surface area contributed by atoms with Crippen LogP contribution in [0.4, 0.5) is 5.69 Å². The number of nitrogens with one attached hydrogen (secondary N) is 1. The summed E-state index contributed by atoms with van der Waals surface area (Å²) in [4.78, 5) is 2.33. The Morgan fingerprint density at radius 1 is 1.47 bits per heavy atom. The first-order valence-corrected chi connectivity index (χ1v) is 6.05. The van der Waals surface area contributed by atoms with Crippen molar-refractivity contribution in [1.29, 1.82) is 0 Å². The molecule has 0 aliphatic rings. The molecule has 1 rings (SSSR count). The summed E-state index contributed by atoms with van der Waals surface area (Å²) in [5, 5.41) is 3.16. The summed E-state index contributed by atoms with van der Waals surface area (Å²) in [5.74, 6) is 0. The third kappa shape index (κ3) is 3.99. The lowest BCUT2D eigenvalue weighted by Gasteiger charge is -2.25. The SMILES string of the molecule is C=CN/C(=C\C)CN(CC)c1cccc(C)c1. The highest BCUT2D eigenvalue weighted by Gasteiger charge is 2.05. The first-order valence-electron chi connectivity index (χ1n) is 6.05. The number of allylic oxidation sites excluding steroid dienone is 1. The van der Waals surface area contributed by atoms with Crippen molar-refractivity contribution in [1.82, 2.24) is 5.32 Å². The molecule has 0 aromatic heterocycles. The molecular weight excluding hydrogens is 208 g/mol. The van der Waals surface area contributed by atoms with Gasteiger partial charge in [-0.25, -0.2) is 0 Å². The van der Waals surface area contributed by atoms with Gasteiger partial charge in [-0.2, -0.15) is 0 Å². The second-order valence-corrected chi connectivity index (χ2v) is 4.02. The summed E-state index contributed by atoms with van der Waals surface area (Å²) < 4.78 is 0. The van der Waals surface area contributed by atoms with Crippen molar-refractivity contribution in [2.24, 2.45) is 0 Å². The minimum absolute atomic E-state index is 0.877. The number of rotatable bonds is 6. The Balaban J connectivity index is 2.81. The second kappa shape index (κ2) is 6.79. The van der Waals surface area contributed by atoms with Crippen LogP contribution in [0.1, 0.15) is 19.4 Å². The zero-order chi connectivity index (χ0) is 12.7. The lowest BCUT2D eigenvalue weighted by atomic mass is 10.2. The van der Waals surface area contributed by atoms with Gasteiger partial charge < -0.3 is 10.2 Å². The fourth-order valence-corrected chi connectivity index (χ4v) is 1.77. The number of nitrogens with zero attached hydrogens (tertiary/aromatic N) is 1. The van der Waals surface area contributed by atoms with Gasteiger partial charge in [0.2, 0.25) is 0 Å². The first kappa shape index (κ1) is 13.4. The zero-order valence-electron chi connectivity index (χ0n) is 11.0. The topological polar surface area (TPSA) is 15.3 Å². The summed E-state index contributed by atoms with van der Waals surface area (Å²) in [5.41, 5.74) is 3.72. The largest absolute Gasteiger partial charge is 0.366 e. The van der Waals surface area contributed by atoms with Crippen molar-refractivity contribution in [3.63, 3.8) is 0 Å². The Morgan fingerprint density at radius 2 is 2.24 bits per heavy atom. The van der Waals surface area contributed by atoms with E-state index in [2.05, 4.69) is 61.0 Å². The molecular formula is C15H22N2. The number of aryl methyl sites for hydroxylation is 1. The highest BCUT2D eigenvalue weighted by Crippen LogP contribution is 2.16. The maximum absolute atomic E-state index is 3.70. The Morgan fingerprint density at radius 3 is 2.76 bits per heavy atom. The molecule has 0 bridgehead atoms. The highest BCUT2D eigenvalue weighted by atomic mass is 15.1. The summed E-state index contributed by atoms with van der Waals surface area (Å²) >= 11 is 0. The van der Waals surface area contributed by atoms with Crippen LogP contribution in [0.5, 0.6) is 0 Å². The quantitative estimate of drug-likeness (QED) is 0.805. The van der Waals surface area contributed by atoms with Gasteiger partial charge in [0.05, 0.1) is 6.54 Å². The van der Waals surface area contributed by atoms with Crippen LogP contribution in [0.25, 0.3) is 0 Å². The minimum atomic E-state index is 0.877. The van der Waals surface area contributed by atoms with Crippen LogP contribution >= 0.6 is 0 Å². The van der Waals surface area contributed by atoms with E-state index in [1.165, 1.54) is 16.9 Å². The molecule has 1 aromatic carbocycles. The van der Waals surface area contributed by atoms with Crippen molar-refractivity contribution < 1.29 is 0 Å². The molecule has 0 fully saturated rings. The lowest BCUT2D eigenvalue weighted by molar-refractivity contribution is 0.836. The van der Waals surface area contributed by atoms with Crippen LogP contribution in [0.2, 0.25) is 0 Å². The van der Waals surface area contributed by atoms with Gasteiger partial charge in [0.25, 0.3) is 0 Å². The van der Waals surface area contributed by atoms with Gasteiger partial charge in [0.15, 0.2) is 0 Å². The number of likely N-dealkylation sites (N-methyl/N-ethyl adjacent to an activating group) is 1. The van der Waals surface area contributed by atoms with E-state index in [1.807, 2.05) is 6.92 Å². The van der Waals surface area contributed by atoms with E-state index in [1.54, 1.807) is 6.20 Å². The normalized spacial score (nSPS) is 11.1. The molecule has 1 aromatic rings. The Kier molecular flexibility index (Phi) is 5.34. The number of hydrogen-bond donors (Lipinski definition) is 1. The molecule has 92 valence electrons. The Labute approximate surface area is 105 Å². The van der Waals surface area contributed by atoms with Crippen LogP contribution in [-0.4, -0.2) is 13.1 Å². The molecule has 0 atom stereocenters. The van der Waals surface area contributed by atoms with Crippen molar-refractivity contribution in [2.45, 2.75) is 20.8 Å². The molecule has 0 spiro atoms. The van der Waals surface area contributed by atoms with Crippen molar-refractivity contribution in [3.05, 3.63) is 54.4 Å². The molecule has 0 aliphatic carbocycles. The molecule has 0 unspecified atom stereocenters. The van der Waals surface area contributed by atoms with Crippen molar-refractivity contribution in [3.8, 4) is 0 Å². The van der Waals surface area contributed by atoms with Crippen molar-refractivity contribution >= 4 is 5.69 Å². The molecule has 0 radical (unpaired) electrons. The highest BCUT2D eigenvalue weighted by molar-refractivity contribution is 5.49. The smallest absolute Gasteiger partial charge is 0.0576 e. The molecule has 0 saturated carbocycles. The van der Waals surface area contributed by atoms with Crippen LogP contribution in [0, 0.1) is 6.92 Å². The van der Waals surface area contributed by atoms with Gasteiger partial charge in [-0.3, -0.25) is 0 Å². The average Bonchev–Trinajstić information content (AvgIpc) is 2.34. The van der Waals surface area contributed by atoms with E-state index in [0.717, 1.165) is 13.1 Å². The van der Waals surface area contributed by atoms with E-state index in [0.29, 0.717) is 0 Å². The third-order valence-electron chi connectivity index (χ3n) is 2.75. The monoisotopic (exact) mass is 230 g/mol. The van der Waals surface area contributed by atoms with E-state index in [-0.39, 0.29) is 0 Å². The van der Waals surface area contributed by atoms with Gasteiger partial charge in [-0.1, -0.05) is 24.8 Å². The molecule has 2 nitrogen and oxygen atoms in total. The van der Waals surface area contributed by atoms with Gasteiger partial charge in [0, 0.05) is 17.9 Å². The first-order chi connectivity index (χ1) is 8.21. The number of anilines is 1. The molecule has 0 amide bonds. The minimum Gasteiger partial charge on any atom is -0.366 e. The van der Waals surface area contributed by atoms with Crippen LogP contribution in [0.15, 0.2) is 48.8 Å². The molecule has 17 heavy (non-hydrogen) atoms. The molecule has 0 saturated heterocycles. The molecule has 1 N–H and O–H groups in total.